The molecule has 1 N–H and O–H groups in total. The summed E-state index contributed by atoms with van der Waals surface area (Å²) in [4.78, 5) is 22.0. The highest BCUT2D eigenvalue weighted by molar-refractivity contribution is 5.90. The number of furan rings is 1. The third kappa shape index (κ3) is 3.39. The number of rotatable bonds is 4. The predicted octanol–water partition coefficient (Wildman–Crippen LogP) is 3.22. The summed E-state index contributed by atoms with van der Waals surface area (Å²) in [5, 5.41) is 8.86. The molecular formula is C16H14O5. The van der Waals surface area contributed by atoms with Crippen molar-refractivity contribution in [2.45, 2.75) is 6.92 Å². The Bertz CT molecular complexity index is 692. The first kappa shape index (κ1) is 14.6. The second-order valence-electron chi connectivity index (χ2n) is 4.40. The van der Waals surface area contributed by atoms with E-state index in [2.05, 4.69) is 4.74 Å². The number of carbonyl (C=O) groups excluding carboxylic acids is 1. The highest BCUT2D eigenvalue weighted by Crippen LogP contribution is 2.26. The summed E-state index contributed by atoms with van der Waals surface area (Å²) < 4.78 is 10.2. The van der Waals surface area contributed by atoms with Gasteiger partial charge in [0.25, 0.3) is 0 Å². The Labute approximate surface area is 121 Å². The fourth-order valence-corrected chi connectivity index (χ4v) is 1.79. The molecule has 0 atom stereocenters. The van der Waals surface area contributed by atoms with Gasteiger partial charge in [-0.05, 0) is 36.8 Å². The van der Waals surface area contributed by atoms with Crippen LogP contribution in [0.15, 0.2) is 46.9 Å². The molecule has 0 spiro atoms. The molecule has 21 heavy (non-hydrogen) atoms. The number of hydrogen-bond acceptors (Lipinski definition) is 4. The minimum Gasteiger partial charge on any atom is -0.478 e. The molecule has 0 radical (unpaired) electrons. The van der Waals surface area contributed by atoms with Crippen molar-refractivity contribution in [3.63, 3.8) is 0 Å². The molecule has 0 saturated heterocycles. The number of carboxylic acids is 1. The van der Waals surface area contributed by atoms with Gasteiger partial charge in [-0.2, -0.15) is 0 Å². The van der Waals surface area contributed by atoms with E-state index in [0.29, 0.717) is 17.1 Å². The van der Waals surface area contributed by atoms with Gasteiger partial charge in [-0.25, -0.2) is 9.59 Å². The van der Waals surface area contributed by atoms with Crippen LogP contribution < -0.4 is 0 Å². The summed E-state index contributed by atoms with van der Waals surface area (Å²) in [6.07, 6.45) is 1.34. The molecule has 0 amide bonds. The van der Waals surface area contributed by atoms with Crippen molar-refractivity contribution in [3.05, 3.63) is 53.8 Å². The lowest BCUT2D eigenvalue weighted by Crippen LogP contribution is -1.95. The lowest BCUT2D eigenvalue weighted by atomic mass is 10.1. The lowest BCUT2D eigenvalue weighted by molar-refractivity contribution is -0.134. The molecule has 2 aromatic rings. The molecule has 0 unspecified atom stereocenters. The van der Waals surface area contributed by atoms with E-state index in [-0.39, 0.29) is 5.56 Å². The minimum absolute atomic E-state index is 0.215. The maximum atomic E-state index is 11.2. The Hall–Kier alpha value is -2.82. The van der Waals surface area contributed by atoms with E-state index in [9.17, 15) is 9.59 Å². The first-order valence-corrected chi connectivity index (χ1v) is 6.21. The number of methoxy groups -OCH3 is 1. The molecule has 0 aliphatic carbocycles. The van der Waals surface area contributed by atoms with Crippen molar-refractivity contribution in [3.8, 4) is 11.3 Å². The topological polar surface area (TPSA) is 76.7 Å². The third-order valence-corrected chi connectivity index (χ3v) is 2.95. The van der Waals surface area contributed by atoms with E-state index >= 15 is 0 Å². The Balaban J connectivity index is 2.25. The molecule has 2 rings (SSSR count). The van der Waals surface area contributed by atoms with E-state index < -0.39 is 11.9 Å². The Morgan fingerprint density at radius 3 is 2.38 bits per heavy atom. The number of ether oxygens (including phenoxy) is 1. The van der Waals surface area contributed by atoms with Gasteiger partial charge < -0.3 is 14.3 Å². The molecule has 1 aromatic heterocycles. The standard InChI is InChI=1S/C16H14O5/c1-10(9-15(17)20-2)13-7-8-14(21-13)11-3-5-12(6-4-11)16(18)19/h3-9H,1-2H3,(H,18,19)/b10-9+. The summed E-state index contributed by atoms with van der Waals surface area (Å²) in [6.45, 7) is 1.74. The average Bonchev–Trinajstić information content (AvgIpc) is 2.97. The maximum absolute atomic E-state index is 11.2. The quantitative estimate of drug-likeness (QED) is 0.689. The van der Waals surface area contributed by atoms with Crippen LogP contribution in [0.5, 0.6) is 0 Å². The van der Waals surface area contributed by atoms with Crippen LogP contribution >= 0.6 is 0 Å². The number of aromatic carboxylic acids is 1. The van der Waals surface area contributed by atoms with E-state index in [4.69, 9.17) is 9.52 Å². The van der Waals surface area contributed by atoms with Crippen LogP contribution in [0, 0.1) is 0 Å². The van der Waals surface area contributed by atoms with Crippen LogP contribution in [-0.4, -0.2) is 24.2 Å². The Morgan fingerprint density at radius 1 is 1.14 bits per heavy atom. The van der Waals surface area contributed by atoms with Crippen LogP contribution in [-0.2, 0) is 9.53 Å². The molecule has 0 fully saturated rings. The van der Waals surface area contributed by atoms with E-state index in [1.165, 1.54) is 25.3 Å². The monoisotopic (exact) mass is 286 g/mol. The lowest BCUT2D eigenvalue weighted by Gasteiger charge is -1.99. The minimum atomic E-state index is -0.974. The number of carboxylic acid groups (broad SMARTS) is 1. The molecule has 0 aliphatic heterocycles. The number of esters is 1. The molecule has 0 aliphatic rings. The molecule has 5 nitrogen and oxygen atoms in total. The van der Waals surface area contributed by atoms with Crippen molar-refractivity contribution in [1.82, 2.24) is 0 Å². The van der Waals surface area contributed by atoms with Gasteiger partial charge in [0.05, 0.1) is 12.7 Å². The molecular weight excluding hydrogens is 272 g/mol. The number of benzene rings is 1. The number of carbonyl (C=O) groups is 2. The summed E-state index contributed by atoms with van der Waals surface area (Å²) >= 11 is 0. The summed E-state index contributed by atoms with van der Waals surface area (Å²) in [6, 6.07) is 9.87. The van der Waals surface area contributed by atoms with Crippen molar-refractivity contribution < 1.29 is 23.8 Å². The van der Waals surface area contributed by atoms with Gasteiger partial charge in [0, 0.05) is 11.6 Å². The largest absolute Gasteiger partial charge is 0.478 e. The van der Waals surface area contributed by atoms with Crippen molar-refractivity contribution in [2.75, 3.05) is 7.11 Å². The normalized spacial score (nSPS) is 11.2. The van der Waals surface area contributed by atoms with Crippen LogP contribution in [0.3, 0.4) is 0 Å². The second-order valence-corrected chi connectivity index (χ2v) is 4.40. The van der Waals surface area contributed by atoms with Crippen LogP contribution in [0.25, 0.3) is 16.9 Å². The van der Waals surface area contributed by atoms with Gasteiger partial charge in [-0.15, -0.1) is 0 Å². The zero-order valence-corrected chi connectivity index (χ0v) is 11.6. The summed E-state index contributed by atoms with van der Waals surface area (Å²) in [7, 11) is 1.31. The zero-order valence-electron chi connectivity index (χ0n) is 11.6. The third-order valence-electron chi connectivity index (χ3n) is 2.95. The fraction of sp³-hybridized carbons (Fsp3) is 0.125. The molecule has 0 bridgehead atoms. The van der Waals surface area contributed by atoms with E-state index in [0.717, 1.165) is 5.56 Å². The van der Waals surface area contributed by atoms with Crippen molar-refractivity contribution in [2.24, 2.45) is 0 Å². The predicted molar refractivity (Wildman–Crippen MR) is 76.8 cm³/mol. The summed E-state index contributed by atoms with van der Waals surface area (Å²) in [5.74, 6) is -0.271. The number of hydrogen-bond donors (Lipinski definition) is 1. The highest BCUT2D eigenvalue weighted by atomic mass is 16.5. The summed E-state index contributed by atoms with van der Waals surface area (Å²) in [5.41, 5.74) is 1.62. The fourth-order valence-electron chi connectivity index (χ4n) is 1.79. The SMILES string of the molecule is COC(=O)/C=C(\C)c1ccc(-c2ccc(C(=O)O)cc2)o1. The average molecular weight is 286 g/mol. The van der Waals surface area contributed by atoms with Crippen LogP contribution in [0.2, 0.25) is 0 Å². The van der Waals surface area contributed by atoms with Gasteiger partial charge in [0.1, 0.15) is 11.5 Å². The first-order chi connectivity index (χ1) is 10.0. The molecule has 108 valence electrons. The van der Waals surface area contributed by atoms with Gasteiger partial charge >= 0.3 is 11.9 Å². The van der Waals surface area contributed by atoms with Gasteiger partial charge in [-0.3, -0.25) is 0 Å². The first-order valence-electron chi connectivity index (χ1n) is 6.21. The van der Waals surface area contributed by atoms with Crippen molar-refractivity contribution >= 4 is 17.5 Å². The molecule has 0 saturated carbocycles. The van der Waals surface area contributed by atoms with Gasteiger partial charge in [0.15, 0.2) is 0 Å². The van der Waals surface area contributed by atoms with Crippen molar-refractivity contribution in [1.29, 1.82) is 0 Å². The smallest absolute Gasteiger partial charge is 0.335 e. The van der Waals surface area contributed by atoms with Gasteiger partial charge in [-0.1, -0.05) is 12.1 Å². The van der Waals surface area contributed by atoms with Crippen LogP contribution in [0.1, 0.15) is 23.0 Å². The van der Waals surface area contributed by atoms with E-state index in [1.807, 2.05) is 0 Å². The Morgan fingerprint density at radius 2 is 1.81 bits per heavy atom. The highest BCUT2D eigenvalue weighted by Gasteiger charge is 2.09. The number of allylic oxidation sites excluding steroid dienone is 1. The molecule has 1 aromatic carbocycles. The Kier molecular flexibility index (Phi) is 4.23. The zero-order chi connectivity index (χ0) is 15.4. The van der Waals surface area contributed by atoms with E-state index in [1.54, 1.807) is 31.2 Å². The second kappa shape index (κ2) is 6.09. The molecule has 5 heteroatoms. The molecule has 1 heterocycles. The van der Waals surface area contributed by atoms with Gasteiger partial charge in [0.2, 0.25) is 0 Å². The van der Waals surface area contributed by atoms with Crippen LogP contribution in [0.4, 0.5) is 0 Å². The maximum Gasteiger partial charge on any atom is 0.335 e.